The predicted octanol–water partition coefficient (Wildman–Crippen LogP) is 1.70. The summed E-state index contributed by atoms with van der Waals surface area (Å²) in [6.45, 7) is 1.82. The molecule has 1 atom stereocenters. The Morgan fingerprint density at radius 3 is 2.67 bits per heavy atom. The molecule has 2 fully saturated rings. The number of rotatable bonds is 9. The maximum atomic E-state index is 12.9. The third kappa shape index (κ3) is 6.80. The first-order chi connectivity index (χ1) is 23.7. The molecule has 4 aromatic rings. The van der Waals surface area contributed by atoms with Crippen molar-refractivity contribution in [2.45, 2.75) is 70.1 Å². The number of carbonyl (C=O) groups is 5. The van der Waals surface area contributed by atoms with Crippen LogP contribution in [0.2, 0.25) is 0 Å². The zero-order valence-electron chi connectivity index (χ0n) is 26.9. The van der Waals surface area contributed by atoms with Gasteiger partial charge >= 0.3 is 0 Å². The summed E-state index contributed by atoms with van der Waals surface area (Å²) in [5.41, 5.74) is 5.69. The number of carbonyl (C=O) groups excluding carboxylic acids is 5. The van der Waals surface area contributed by atoms with E-state index in [-0.39, 0.29) is 55.6 Å². The Balaban J connectivity index is 0.834. The Bertz CT molecular complexity index is 1970. The molecule has 2 aromatic carbocycles. The molecule has 14 heteroatoms. The first-order valence-electron chi connectivity index (χ1n) is 16.6. The van der Waals surface area contributed by atoms with Gasteiger partial charge in [-0.2, -0.15) is 5.10 Å². The van der Waals surface area contributed by atoms with Gasteiger partial charge in [-0.1, -0.05) is 29.7 Å². The second-order valence-electron chi connectivity index (χ2n) is 12.8. The smallest absolute Gasteiger partial charge is 0.255 e. The minimum Gasteiger partial charge on any atom is -0.352 e. The fourth-order valence-corrected chi connectivity index (χ4v) is 6.83. The Morgan fingerprint density at radius 2 is 1.86 bits per heavy atom. The van der Waals surface area contributed by atoms with Crippen LogP contribution in [0.15, 0.2) is 55.0 Å². The molecule has 2 aromatic heterocycles. The molecule has 3 aliphatic heterocycles. The Morgan fingerprint density at radius 1 is 1.02 bits per heavy atom. The number of nitrogens with zero attached hydrogens (tertiary/aromatic N) is 6. The average Bonchev–Trinajstić information content (AvgIpc) is 3.72. The minimum atomic E-state index is -0.669. The minimum absolute atomic E-state index is 0.0419. The van der Waals surface area contributed by atoms with Crippen molar-refractivity contribution in [1.82, 2.24) is 40.2 Å². The summed E-state index contributed by atoms with van der Waals surface area (Å²) in [4.78, 5) is 74.7. The molecule has 1 unspecified atom stereocenters. The molecule has 0 saturated carbocycles. The van der Waals surface area contributed by atoms with Crippen molar-refractivity contribution in [3.63, 3.8) is 0 Å². The maximum absolute atomic E-state index is 12.9. The number of piperidine rings is 2. The lowest BCUT2D eigenvalue weighted by Crippen LogP contribution is -2.52. The number of para-hydroxylation sites is 1. The lowest BCUT2D eigenvalue weighted by atomic mass is 9.94. The summed E-state index contributed by atoms with van der Waals surface area (Å²) in [5, 5.41) is 9.78. The third-order valence-corrected chi connectivity index (χ3v) is 9.56. The highest BCUT2D eigenvalue weighted by Crippen LogP contribution is 2.29. The van der Waals surface area contributed by atoms with E-state index < -0.39 is 11.9 Å². The van der Waals surface area contributed by atoms with E-state index >= 15 is 0 Å². The molecule has 2 N–H and O–H groups in total. The molecule has 0 spiro atoms. The largest absolute Gasteiger partial charge is 0.352 e. The standard InChI is InChI=1S/C35H35BN8O5/c36-26-3-1-4-27-33(26)40-28(18-37-27)23-17-39-44(20-23)24-11-13-42(14-12-24)32(47)6-2-5-30(45)38-16-21-7-8-25-22(15-21)19-43(35(25)49)29-9-10-31(46)41-34(29)48/h1,3-4,7-8,15,17-18,20,24,29H,2,5-6,9-14,16,19H2,(H,38,45)(H,41,46,48). The van der Waals surface area contributed by atoms with Gasteiger partial charge in [-0.3, -0.25) is 39.0 Å². The molecule has 49 heavy (non-hydrogen) atoms. The molecule has 2 saturated heterocycles. The summed E-state index contributed by atoms with van der Waals surface area (Å²) in [6, 6.07) is 10.4. The van der Waals surface area contributed by atoms with Crippen molar-refractivity contribution in [1.29, 1.82) is 0 Å². The topological polar surface area (TPSA) is 159 Å². The zero-order chi connectivity index (χ0) is 34.1. The summed E-state index contributed by atoms with van der Waals surface area (Å²) < 4.78 is 1.94. The fraction of sp³-hybridized carbons (Fsp3) is 0.371. The van der Waals surface area contributed by atoms with E-state index in [1.165, 1.54) is 4.90 Å². The number of aromatic nitrogens is 4. The van der Waals surface area contributed by atoms with Crippen molar-refractivity contribution in [2.75, 3.05) is 13.1 Å². The molecular formula is C35H35BN8O5. The number of imide groups is 1. The highest BCUT2D eigenvalue weighted by Gasteiger charge is 2.39. The molecule has 5 amide bonds. The lowest BCUT2D eigenvalue weighted by molar-refractivity contribution is -0.137. The fourth-order valence-electron chi connectivity index (χ4n) is 6.83. The molecule has 0 bridgehead atoms. The monoisotopic (exact) mass is 658 g/mol. The number of benzene rings is 2. The van der Waals surface area contributed by atoms with Crippen molar-refractivity contribution < 1.29 is 24.0 Å². The van der Waals surface area contributed by atoms with E-state index in [0.29, 0.717) is 54.6 Å². The van der Waals surface area contributed by atoms with Crippen LogP contribution >= 0.6 is 0 Å². The van der Waals surface area contributed by atoms with E-state index in [4.69, 9.17) is 7.85 Å². The van der Waals surface area contributed by atoms with Crippen LogP contribution in [0.1, 0.15) is 72.5 Å². The molecule has 7 rings (SSSR count). The lowest BCUT2D eigenvalue weighted by Gasteiger charge is -2.32. The zero-order valence-corrected chi connectivity index (χ0v) is 26.9. The molecule has 13 nitrogen and oxygen atoms in total. The van der Waals surface area contributed by atoms with Crippen molar-refractivity contribution in [3.8, 4) is 11.3 Å². The third-order valence-electron chi connectivity index (χ3n) is 9.56. The van der Waals surface area contributed by atoms with Crippen molar-refractivity contribution in [3.05, 3.63) is 71.7 Å². The number of amides is 5. The van der Waals surface area contributed by atoms with Crippen LogP contribution in [0, 0.1) is 0 Å². The van der Waals surface area contributed by atoms with E-state index in [2.05, 4.69) is 25.7 Å². The van der Waals surface area contributed by atoms with Crippen LogP contribution in [0.4, 0.5) is 0 Å². The Kier molecular flexibility index (Phi) is 8.94. The van der Waals surface area contributed by atoms with Gasteiger partial charge in [0.05, 0.1) is 35.2 Å². The van der Waals surface area contributed by atoms with E-state index in [1.807, 2.05) is 34.0 Å². The first kappa shape index (κ1) is 32.2. The van der Waals surface area contributed by atoms with Crippen LogP contribution < -0.4 is 16.1 Å². The van der Waals surface area contributed by atoms with Gasteiger partial charge in [-0.25, -0.2) is 4.98 Å². The van der Waals surface area contributed by atoms with Crippen LogP contribution in [0.25, 0.3) is 22.3 Å². The summed E-state index contributed by atoms with van der Waals surface area (Å²) >= 11 is 0. The van der Waals surface area contributed by atoms with E-state index in [0.717, 1.165) is 35.0 Å². The highest BCUT2D eigenvalue weighted by molar-refractivity contribution is 6.38. The summed E-state index contributed by atoms with van der Waals surface area (Å²) in [5.74, 6) is -1.11. The maximum Gasteiger partial charge on any atom is 0.255 e. The van der Waals surface area contributed by atoms with Crippen molar-refractivity contribution >= 4 is 53.9 Å². The van der Waals surface area contributed by atoms with Crippen LogP contribution in [-0.2, 0) is 32.3 Å². The number of fused-ring (bicyclic) bond motifs is 2. The second-order valence-corrected chi connectivity index (χ2v) is 12.8. The molecule has 3 aliphatic rings. The second kappa shape index (κ2) is 13.6. The van der Waals surface area contributed by atoms with Gasteiger partial charge in [-0.05, 0) is 48.9 Å². The summed E-state index contributed by atoms with van der Waals surface area (Å²) in [7, 11) is 6.09. The van der Waals surface area contributed by atoms with Crippen LogP contribution in [0.3, 0.4) is 0 Å². The van der Waals surface area contributed by atoms with Gasteiger partial charge < -0.3 is 15.1 Å². The SMILES string of the molecule is [B]c1cccc2ncc(-c3cnn(C4CCN(C(=O)CCCC(=O)NCc5ccc6c(c5)CN(C5CCC(=O)NC5=O)C6=O)CC4)c3)nc12. The van der Waals surface area contributed by atoms with Gasteiger partial charge in [0.1, 0.15) is 13.9 Å². The number of nitrogens with one attached hydrogen (secondary N) is 2. The highest BCUT2D eigenvalue weighted by atomic mass is 16.2. The van der Waals surface area contributed by atoms with Gasteiger partial charge in [0.25, 0.3) is 5.91 Å². The first-order valence-corrected chi connectivity index (χ1v) is 16.6. The number of hydrogen-bond donors (Lipinski definition) is 2. The van der Waals surface area contributed by atoms with Gasteiger partial charge in [0.2, 0.25) is 23.6 Å². The van der Waals surface area contributed by atoms with Gasteiger partial charge in [-0.15, -0.1) is 0 Å². The van der Waals surface area contributed by atoms with Gasteiger partial charge in [0.15, 0.2) is 0 Å². The number of hydrogen-bond acceptors (Lipinski definition) is 8. The van der Waals surface area contributed by atoms with E-state index in [1.54, 1.807) is 30.6 Å². The van der Waals surface area contributed by atoms with Gasteiger partial charge in [0, 0.05) is 62.8 Å². The average molecular weight is 659 g/mol. The quantitative estimate of drug-likeness (QED) is 0.203. The van der Waals surface area contributed by atoms with Crippen LogP contribution in [-0.4, -0.2) is 86.1 Å². The molecule has 5 heterocycles. The predicted molar refractivity (Wildman–Crippen MR) is 179 cm³/mol. The Labute approximate surface area is 283 Å². The molecular weight excluding hydrogens is 623 g/mol. The van der Waals surface area contributed by atoms with Crippen molar-refractivity contribution in [2.24, 2.45) is 0 Å². The van der Waals surface area contributed by atoms with E-state index in [9.17, 15) is 24.0 Å². The van der Waals surface area contributed by atoms with Crippen LogP contribution in [0.5, 0.6) is 0 Å². The molecule has 2 radical (unpaired) electrons. The molecule has 248 valence electrons. The molecule has 0 aliphatic carbocycles. The number of likely N-dealkylation sites (tertiary alicyclic amines) is 1. The summed E-state index contributed by atoms with van der Waals surface area (Å²) in [6.07, 6.45) is 8.51. The Hall–Kier alpha value is -5.40. The normalized spacial score (nSPS) is 18.1.